The molecule has 0 aliphatic heterocycles. The first-order valence-corrected chi connectivity index (χ1v) is 41.7. The summed E-state index contributed by atoms with van der Waals surface area (Å²) in [6, 6.07) is 79.8. The predicted molar refractivity (Wildman–Crippen MR) is 487 cm³/mol. The van der Waals surface area contributed by atoms with Crippen molar-refractivity contribution in [2.24, 2.45) is 0 Å². The molecule has 0 radical (unpaired) electrons. The van der Waals surface area contributed by atoms with Crippen LogP contribution in [0.4, 0.5) is 24.5 Å². The fraction of sp³-hybridized carbons (Fsp3) is 0.126. The lowest BCUT2D eigenvalue weighted by molar-refractivity contribution is 0.433. The standard InChI is InChI=1S/C28H25FN4O.C25H21FN4O2.C25H20FN3O3.C25H21N3O3/c1-2-18-10-6-11-20(14-18)16-24-28(34)33-17-25(21-12-7-13-22(30)26(21)29)31-23(27(33)32-24)15-19-8-4-3-5-9-19;1-15-10-11-17(32-15)13-21-25(31)30-14-22(18-8-5-9-19(27)23(18)26)28-20(24(30)29-21)12-16-6-3-2-4-7-16;1-15-10-11-17(32-15)13-20-25(31)29-14-21(18-8-5-9-22(30)23(18)26)27-19(24(29)28-20)12-16-6-3-2-4-7-16;1-16-10-11-20(31-16)14-22-25(30)28-15-23(18-8-5-9-19(29)13-18)26-21(24(28)27-22)12-17-6-3-2-4-7-17/h3-14,17,34H,2,15-16,30H2,1H3;2-11,14,31H,12-13,27H2,1H3;2-11,14,30-31H,12-13H2,1H3;2-11,13,15,29-30H,12,14H2,1H3. The number of benzene rings is 9. The largest absolute Gasteiger partial charge is 0.508 e. The Bertz CT molecular complexity index is 7230. The molecule has 20 rings (SSSR count). The number of halogens is 3. The lowest BCUT2D eigenvalue weighted by atomic mass is 10.1. The average molecular weight is 1720 g/mol. The Kier molecular flexibility index (Phi) is 24.4. The molecule has 11 aromatic heterocycles. The van der Waals surface area contributed by atoms with Gasteiger partial charge in [0.05, 0.1) is 76.2 Å². The summed E-state index contributed by atoms with van der Waals surface area (Å²) in [5.41, 5.74) is 27.9. The maximum atomic E-state index is 14.9. The van der Waals surface area contributed by atoms with Crippen molar-refractivity contribution in [3.63, 3.8) is 0 Å². The van der Waals surface area contributed by atoms with E-state index in [1.165, 1.54) is 40.4 Å². The summed E-state index contributed by atoms with van der Waals surface area (Å²) in [5, 5.41) is 63.7. The lowest BCUT2D eigenvalue weighted by Crippen LogP contribution is -2.02. The summed E-state index contributed by atoms with van der Waals surface area (Å²) in [7, 11) is 0. The van der Waals surface area contributed by atoms with Crippen molar-refractivity contribution in [3.05, 3.63) is 417 Å². The van der Waals surface area contributed by atoms with E-state index in [0.717, 1.165) is 68.5 Å². The maximum Gasteiger partial charge on any atom is 0.219 e. The zero-order valence-electron chi connectivity index (χ0n) is 70.6. The van der Waals surface area contributed by atoms with Crippen LogP contribution in [0.3, 0.4) is 0 Å². The van der Waals surface area contributed by atoms with Crippen molar-refractivity contribution in [2.45, 2.75) is 85.5 Å². The first kappa shape index (κ1) is 84.7. The smallest absolute Gasteiger partial charge is 0.219 e. The van der Waals surface area contributed by atoms with Crippen molar-refractivity contribution in [1.82, 2.24) is 57.5 Å². The second kappa shape index (κ2) is 37.1. The van der Waals surface area contributed by atoms with E-state index in [-0.39, 0.29) is 63.0 Å². The number of aromatic hydroxyl groups is 6. The summed E-state index contributed by atoms with van der Waals surface area (Å²) in [5.74, 6) is 2.33. The molecule has 0 amide bonds. The third-order valence-corrected chi connectivity index (χ3v) is 21.9. The number of aryl methyl sites for hydroxylation is 4. The highest BCUT2D eigenvalue weighted by Crippen LogP contribution is 2.38. The third-order valence-electron chi connectivity index (χ3n) is 21.9. The fourth-order valence-electron chi connectivity index (χ4n) is 15.5. The van der Waals surface area contributed by atoms with E-state index in [1.54, 1.807) is 80.3 Å². The molecule has 129 heavy (non-hydrogen) atoms. The minimum Gasteiger partial charge on any atom is -0.508 e. The minimum absolute atomic E-state index is 0.0270. The number of rotatable bonds is 21. The van der Waals surface area contributed by atoms with Gasteiger partial charge in [-0.15, -0.1) is 0 Å². The van der Waals surface area contributed by atoms with Crippen LogP contribution in [-0.4, -0.2) is 88.1 Å². The van der Waals surface area contributed by atoms with E-state index in [0.29, 0.717) is 142 Å². The molecule has 0 spiro atoms. The van der Waals surface area contributed by atoms with Gasteiger partial charge in [-0.25, -0.2) is 53.0 Å². The Morgan fingerprint density at radius 3 is 0.938 bits per heavy atom. The van der Waals surface area contributed by atoms with Crippen molar-refractivity contribution < 1.29 is 57.1 Å². The summed E-state index contributed by atoms with van der Waals surface area (Å²) in [6.07, 6.45) is 10.9. The van der Waals surface area contributed by atoms with Gasteiger partial charge in [0.2, 0.25) is 23.5 Å². The van der Waals surface area contributed by atoms with Gasteiger partial charge in [0.25, 0.3) is 0 Å². The van der Waals surface area contributed by atoms with E-state index in [4.69, 9.17) is 49.6 Å². The lowest BCUT2D eigenvalue weighted by Gasteiger charge is -2.10. The second-order valence-corrected chi connectivity index (χ2v) is 31.3. The topological polar surface area (TPSA) is 334 Å². The molecule has 10 N–H and O–H groups in total. The predicted octanol–water partition coefficient (Wildman–Crippen LogP) is 20.4. The molecule has 0 aliphatic carbocycles. The van der Waals surface area contributed by atoms with Gasteiger partial charge in [-0.05, 0) is 146 Å². The normalized spacial score (nSPS) is 11.3. The van der Waals surface area contributed by atoms with Gasteiger partial charge in [0.1, 0.15) is 63.1 Å². The number of hydrogen-bond acceptors (Lipinski definition) is 19. The minimum atomic E-state index is -0.768. The van der Waals surface area contributed by atoms with E-state index >= 15 is 0 Å². The van der Waals surface area contributed by atoms with Gasteiger partial charge in [0.15, 0.2) is 45.8 Å². The summed E-state index contributed by atoms with van der Waals surface area (Å²) < 4.78 is 67.6. The number of nitrogen functional groups attached to an aromatic ring is 2. The summed E-state index contributed by atoms with van der Waals surface area (Å²) >= 11 is 0. The molecule has 0 saturated heterocycles. The number of nitrogens with zero attached hydrogens (tertiary/aromatic N) is 12. The fourth-order valence-corrected chi connectivity index (χ4v) is 15.5. The van der Waals surface area contributed by atoms with Gasteiger partial charge in [0, 0.05) is 79.1 Å². The van der Waals surface area contributed by atoms with Crippen LogP contribution >= 0.6 is 0 Å². The highest BCUT2D eigenvalue weighted by molar-refractivity contribution is 5.71. The average Bonchev–Trinajstić information content (AvgIpc) is 1.63. The molecule has 0 fully saturated rings. The number of phenols is 2. The van der Waals surface area contributed by atoms with Crippen molar-refractivity contribution in [2.75, 3.05) is 11.5 Å². The number of phenolic OH excluding ortho intramolecular Hbond substituents is 2. The second-order valence-electron chi connectivity index (χ2n) is 31.3. The highest BCUT2D eigenvalue weighted by atomic mass is 19.1. The third kappa shape index (κ3) is 18.8. The van der Waals surface area contributed by atoms with Crippen LogP contribution in [0.5, 0.6) is 35.0 Å². The van der Waals surface area contributed by atoms with Crippen LogP contribution in [-0.2, 0) is 57.8 Å². The Morgan fingerprint density at radius 1 is 0.287 bits per heavy atom. The van der Waals surface area contributed by atoms with E-state index in [9.17, 15) is 43.8 Å². The van der Waals surface area contributed by atoms with Crippen LogP contribution in [0, 0.1) is 38.2 Å². The van der Waals surface area contributed by atoms with E-state index < -0.39 is 23.2 Å². The molecule has 20 aromatic rings. The van der Waals surface area contributed by atoms with Crippen LogP contribution in [0.25, 0.3) is 67.6 Å². The number of aromatic nitrogens is 12. The molecule has 0 aliphatic rings. The van der Waals surface area contributed by atoms with Crippen LogP contribution in [0.1, 0.15) is 120 Å². The Morgan fingerprint density at radius 2 is 0.589 bits per heavy atom. The molecule has 0 saturated carbocycles. The number of fused-ring (bicyclic) bond motifs is 4. The van der Waals surface area contributed by atoms with E-state index in [1.807, 2.05) is 197 Å². The van der Waals surface area contributed by atoms with Crippen LogP contribution < -0.4 is 11.5 Å². The summed E-state index contributed by atoms with van der Waals surface area (Å²) in [6.45, 7) is 7.71. The SMILES string of the molecule is CCc1cccc(Cc2nc3c(Cc4ccccc4)nc(-c4cccc(N)c4F)cn3c2O)c1.Cc1ccc(Cc2nc3c(Cc4ccccc4)nc(-c4cccc(N)c4F)cn3c2O)o1.Cc1ccc(Cc2nc3c(Cc4ccccc4)nc(-c4cccc(O)c4)cn3c2O)o1.Cc1ccc(Cc2nc3c(Cc4ccccc4)nc(-c4cccc(O)c4F)cn3c2O)o1. The molecule has 26 heteroatoms. The molecule has 9 aromatic carbocycles. The van der Waals surface area contributed by atoms with Crippen molar-refractivity contribution in [1.29, 1.82) is 0 Å². The number of nitrogens with two attached hydrogens (primary N) is 2. The molecule has 11 heterocycles. The van der Waals surface area contributed by atoms with Gasteiger partial charge in [-0.2, -0.15) is 0 Å². The Balaban J connectivity index is 0.000000121. The van der Waals surface area contributed by atoms with Crippen LogP contribution in [0.15, 0.2) is 299 Å². The van der Waals surface area contributed by atoms with Gasteiger partial charge in [-0.1, -0.05) is 183 Å². The maximum absolute atomic E-state index is 14.9. The molecular formula is C103H87F3N14O9. The van der Waals surface area contributed by atoms with Gasteiger partial charge in [-0.3, -0.25) is 17.6 Å². The molecule has 23 nitrogen and oxygen atoms in total. The number of anilines is 2. The van der Waals surface area contributed by atoms with Crippen molar-refractivity contribution >= 4 is 34.0 Å². The molecule has 0 atom stereocenters. The van der Waals surface area contributed by atoms with Gasteiger partial charge < -0.3 is 55.4 Å². The molecule has 644 valence electrons. The first-order valence-electron chi connectivity index (χ1n) is 41.7. The molecule has 0 bridgehead atoms. The number of furan rings is 3. The van der Waals surface area contributed by atoms with Crippen molar-refractivity contribution in [3.8, 4) is 80.0 Å². The zero-order chi connectivity index (χ0) is 89.5. The highest BCUT2D eigenvalue weighted by Gasteiger charge is 2.27. The Labute approximate surface area is 738 Å². The molecule has 0 unspecified atom stereocenters. The van der Waals surface area contributed by atoms with E-state index in [2.05, 4.69) is 34.0 Å². The number of hydrogen-bond donors (Lipinski definition) is 8. The first-order chi connectivity index (χ1) is 62.6. The summed E-state index contributed by atoms with van der Waals surface area (Å²) in [4.78, 5) is 37.8. The van der Waals surface area contributed by atoms with Crippen LogP contribution in [0.2, 0.25) is 0 Å². The zero-order valence-corrected chi connectivity index (χ0v) is 70.6. The quantitative estimate of drug-likeness (QED) is 0.0310. The monoisotopic (exact) mass is 1720 g/mol. The Hall–Kier alpha value is -16.5. The number of imidazole rings is 4. The molecular weight excluding hydrogens is 1630 g/mol. The van der Waals surface area contributed by atoms with Gasteiger partial charge >= 0.3 is 0 Å².